The van der Waals surface area contributed by atoms with Gasteiger partial charge in [-0.1, -0.05) is 74.4 Å². The first kappa shape index (κ1) is 23.5. The van der Waals surface area contributed by atoms with Gasteiger partial charge in [-0.2, -0.15) is 0 Å². The summed E-state index contributed by atoms with van der Waals surface area (Å²) in [6.45, 7) is 10.1. The summed E-state index contributed by atoms with van der Waals surface area (Å²) in [5.74, 6) is -0.0500. The Morgan fingerprint density at radius 2 is 1.81 bits per heavy atom. The molecule has 1 saturated heterocycles. The highest BCUT2D eigenvalue weighted by atomic mass is 35.5. The van der Waals surface area contributed by atoms with Crippen LogP contribution in [0.5, 0.6) is 0 Å². The molecule has 1 aliphatic rings. The molecule has 1 amide bonds. The van der Waals surface area contributed by atoms with E-state index in [0.29, 0.717) is 18.5 Å². The number of nitrogens with zero attached hydrogens (tertiary/aromatic N) is 1. The molecule has 3 rings (SSSR count). The van der Waals surface area contributed by atoms with Crippen molar-refractivity contribution in [2.45, 2.75) is 46.1 Å². The highest BCUT2D eigenvalue weighted by Crippen LogP contribution is 2.38. The molecule has 0 spiro atoms. The van der Waals surface area contributed by atoms with Crippen molar-refractivity contribution in [2.75, 3.05) is 25.0 Å². The molecular formula is C26H33ClN2O2. The predicted molar refractivity (Wildman–Crippen MR) is 129 cm³/mol. The van der Waals surface area contributed by atoms with E-state index >= 15 is 0 Å². The molecule has 2 aromatic carbocycles. The SMILES string of the molecule is Cc1ccc(NC(=O)C(C)(C)C)c(C2(O)CCN(C/C=C/c3ccc(Cl)cc3)CC2)c1. The van der Waals surface area contributed by atoms with E-state index in [0.717, 1.165) is 41.3 Å². The number of aryl methyl sites for hydroxylation is 1. The number of halogens is 1. The lowest BCUT2D eigenvalue weighted by atomic mass is 9.82. The summed E-state index contributed by atoms with van der Waals surface area (Å²) < 4.78 is 0. The number of benzene rings is 2. The first-order valence-electron chi connectivity index (χ1n) is 10.9. The molecule has 0 aliphatic carbocycles. The molecule has 0 unspecified atom stereocenters. The molecule has 1 fully saturated rings. The molecule has 1 heterocycles. The van der Waals surface area contributed by atoms with Crippen LogP contribution in [0.3, 0.4) is 0 Å². The smallest absolute Gasteiger partial charge is 0.229 e. The van der Waals surface area contributed by atoms with E-state index < -0.39 is 11.0 Å². The molecule has 0 atom stereocenters. The summed E-state index contributed by atoms with van der Waals surface area (Å²) >= 11 is 5.94. The average Bonchev–Trinajstić information content (AvgIpc) is 2.71. The number of carbonyl (C=O) groups excluding carboxylic acids is 1. The maximum Gasteiger partial charge on any atom is 0.229 e. The lowest BCUT2D eigenvalue weighted by molar-refractivity contribution is -0.123. The summed E-state index contributed by atoms with van der Waals surface area (Å²) in [6.07, 6.45) is 5.50. The number of piperidine rings is 1. The van der Waals surface area contributed by atoms with Gasteiger partial charge in [0.05, 0.1) is 5.60 Å². The van der Waals surface area contributed by atoms with Crippen LogP contribution >= 0.6 is 11.6 Å². The number of hydrogen-bond donors (Lipinski definition) is 2. The minimum absolute atomic E-state index is 0.0500. The predicted octanol–water partition coefficient (Wildman–Crippen LogP) is 5.63. The molecule has 4 nitrogen and oxygen atoms in total. The van der Waals surface area contributed by atoms with Gasteiger partial charge in [0.15, 0.2) is 0 Å². The third-order valence-electron chi connectivity index (χ3n) is 5.83. The second-order valence-electron chi connectivity index (χ2n) is 9.54. The van der Waals surface area contributed by atoms with Crippen LogP contribution in [0.4, 0.5) is 5.69 Å². The Labute approximate surface area is 190 Å². The van der Waals surface area contributed by atoms with Gasteiger partial charge < -0.3 is 10.4 Å². The zero-order chi connectivity index (χ0) is 22.6. The van der Waals surface area contributed by atoms with E-state index in [-0.39, 0.29) is 5.91 Å². The normalized spacial score (nSPS) is 17.1. The number of hydrogen-bond acceptors (Lipinski definition) is 3. The van der Waals surface area contributed by atoms with Gasteiger partial charge in [0.25, 0.3) is 0 Å². The van der Waals surface area contributed by atoms with Crippen LogP contribution in [-0.4, -0.2) is 35.5 Å². The largest absolute Gasteiger partial charge is 0.385 e. The van der Waals surface area contributed by atoms with Crippen LogP contribution in [0.2, 0.25) is 5.02 Å². The molecule has 31 heavy (non-hydrogen) atoms. The average molecular weight is 441 g/mol. The second-order valence-corrected chi connectivity index (χ2v) is 9.98. The molecule has 0 radical (unpaired) electrons. The zero-order valence-corrected chi connectivity index (χ0v) is 19.7. The van der Waals surface area contributed by atoms with Gasteiger partial charge >= 0.3 is 0 Å². The summed E-state index contributed by atoms with van der Waals surface area (Å²) in [5.41, 5.74) is 2.29. The van der Waals surface area contributed by atoms with Crippen LogP contribution in [0.25, 0.3) is 6.08 Å². The Hall–Kier alpha value is -2.14. The van der Waals surface area contributed by atoms with E-state index in [4.69, 9.17) is 11.6 Å². The lowest BCUT2D eigenvalue weighted by Gasteiger charge is -2.39. The Balaban J connectivity index is 1.66. The Morgan fingerprint density at radius 1 is 1.16 bits per heavy atom. The third kappa shape index (κ3) is 6.19. The molecule has 0 aromatic heterocycles. The van der Waals surface area contributed by atoms with Crippen molar-refractivity contribution in [1.82, 2.24) is 4.90 Å². The van der Waals surface area contributed by atoms with Gasteiger partial charge in [0, 0.05) is 41.3 Å². The number of likely N-dealkylation sites (tertiary alicyclic amines) is 1. The fourth-order valence-corrected chi connectivity index (χ4v) is 3.87. The van der Waals surface area contributed by atoms with Gasteiger partial charge in [0.2, 0.25) is 5.91 Å². The van der Waals surface area contributed by atoms with Crippen molar-refractivity contribution in [3.8, 4) is 0 Å². The summed E-state index contributed by atoms with van der Waals surface area (Å²) in [7, 11) is 0. The summed E-state index contributed by atoms with van der Waals surface area (Å²) in [4.78, 5) is 14.9. The molecule has 166 valence electrons. The molecule has 0 saturated carbocycles. The molecule has 5 heteroatoms. The molecule has 1 aliphatic heterocycles. The standard InChI is InChI=1S/C26H33ClN2O2/c1-19-7-12-23(28-24(30)25(2,3)4)22(18-19)26(31)13-16-29(17-14-26)15-5-6-20-8-10-21(27)11-9-20/h5-12,18,31H,13-17H2,1-4H3,(H,28,30)/b6-5+. The number of amides is 1. The maximum absolute atomic E-state index is 12.5. The minimum Gasteiger partial charge on any atom is -0.385 e. The fourth-order valence-electron chi connectivity index (χ4n) is 3.75. The molecule has 0 bridgehead atoms. The van der Waals surface area contributed by atoms with Crippen LogP contribution in [-0.2, 0) is 10.4 Å². The van der Waals surface area contributed by atoms with Crippen molar-refractivity contribution in [3.63, 3.8) is 0 Å². The van der Waals surface area contributed by atoms with Crippen molar-refractivity contribution in [2.24, 2.45) is 5.41 Å². The first-order valence-corrected chi connectivity index (χ1v) is 11.2. The quantitative estimate of drug-likeness (QED) is 0.633. The first-order chi connectivity index (χ1) is 14.6. The number of aliphatic hydroxyl groups is 1. The van der Waals surface area contributed by atoms with Crippen molar-refractivity contribution in [1.29, 1.82) is 0 Å². The number of anilines is 1. The van der Waals surface area contributed by atoms with E-state index in [1.54, 1.807) is 0 Å². The number of rotatable bonds is 5. The summed E-state index contributed by atoms with van der Waals surface area (Å²) in [5, 5.41) is 15.3. The summed E-state index contributed by atoms with van der Waals surface area (Å²) in [6, 6.07) is 13.7. The Kier molecular flexibility index (Phi) is 7.25. The van der Waals surface area contributed by atoms with E-state index in [9.17, 15) is 9.90 Å². The number of nitrogens with one attached hydrogen (secondary N) is 1. The molecular weight excluding hydrogens is 408 g/mol. The molecule has 2 N–H and O–H groups in total. The van der Waals surface area contributed by atoms with Gasteiger partial charge in [-0.15, -0.1) is 0 Å². The van der Waals surface area contributed by atoms with Gasteiger partial charge in [-0.05, 0) is 43.5 Å². The fraction of sp³-hybridized carbons (Fsp3) is 0.423. The van der Waals surface area contributed by atoms with Crippen molar-refractivity contribution >= 4 is 29.3 Å². The van der Waals surface area contributed by atoms with Crippen LogP contribution in [0.15, 0.2) is 48.5 Å². The Morgan fingerprint density at radius 3 is 2.42 bits per heavy atom. The van der Waals surface area contributed by atoms with E-state index in [1.165, 1.54) is 0 Å². The van der Waals surface area contributed by atoms with Crippen LogP contribution < -0.4 is 5.32 Å². The highest BCUT2D eigenvalue weighted by Gasteiger charge is 2.36. The minimum atomic E-state index is -0.942. The van der Waals surface area contributed by atoms with E-state index in [2.05, 4.69) is 22.4 Å². The van der Waals surface area contributed by atoms with Gasteiger partial charge in [-0.3, -0.25) is 9.69 Å². The second kappa shape index (κ2) is 9.56. The van der Waals surface area contributed by atoms with Gasteiger partial charge in [-0.25, -0.2) is 0 Å². The maximum atomic E-state index is 12.5. The number of carbonyl (C=O) groups is 1. The Bertz CT molecular complexity index is 937. The van der Waals surface area contributed by atoms with Crippen molar-refractivity contribution in [3.05, 3.63) is 70.3 Å². The molecule has 2 aromatic rings. The van der Waals surface area contributed by atoms with Crippen molar-refractivity contribution < 1.29 is 9.90 Å². The topological polar surface area (TPSA) is 52.6 Å². The monoisotopic (exact) mass is 440 g/mol. The lowest BCUT2D eigenvalue weighted by Crippen LogP contribution is -2.43. The van der Waals surface area contributed by atoms with Crippen LogP contribution in [0, 0.1) is 12.3 Å². The van der Waals surface area contributed by atoms with Gasteiger partial charge in [0.1, 0.15) is 0 Å². The van der Waals surface area contributed by atoms with E-state index in [1.807, 2.05) is 70.2 Å². The zero-order valence-electron chi connectivity index (χ0n) is 18.9. The van der Waals surface area contributed by atoms with Crippen LogP contribution in [0.1, 0.15) is 50.3 Å². The third-order valence-corrected chi connectivity index (χ3v) is 6.08. The highest BCUT2D eigenvalue weighted by molar-refractivity contribution is 6.30.